The summed E-state index contributed by atoms with van der Waals surface area (Å²) in [5, 5.41) is 0. The molecular formula is C18H19F2N3O4S. The molecule has 1 aromatic heterocycles. The molecule has 0 atom stereocenters. The third kappa shape index (κ3) is 3.97. The molecule has 0 saturated carbocycles. The van der Waals surface area contributed by atoms with Crippen molar-refractivity contribution in [1.82, 2.24) is 14.2 Å². The van der Waals surface area contributed by atoms with Crippen LogP contribution >= 0.6 is 0 Å². The lowest BCUT2D eigenvalue weighted by molar-refractivity contribution is 0.0692. The highest BCUT2D eigenvalue weighted by Gasteiger charge is 2.31. The zero-order valence-electron chi connectivity index (χ0n) is 15.1. The average Bonchev–Trinajstić information content (AvgIpc) is 2.70. The maximum Gasteiger partial charge on any atom is 0.259 e. The third-order valence-corrected chi connectivity index (χ3v) is 6.23. The summed E-state index contributed by atoms with van der Waals surface area (Å²) in [4.78, 5) is 18.0. The van der Waals surface area contributed by atoms with Gasteiger partial charge in [0.2, 0.25) is 15.9 Å². The fourth-order valence-corrected chi connectivity index (χ4v) is 4.33. The highest BCUT2D eigenvalue weighted by Crippen LogP contribution is 2.22. The number of carbonyl (C=O) groups is 1. The molecule has 1 aliphatic heterocycles. The van der Waals surface area contributed by atoms with Crippen LogP contribution in [-0.2, 0) is 10.0 Å². The van der Waals surface area contributed by atoms with E-state index in [1.165, 1.54) is 11.1 Å². The van der Waals surface area contributed by atoms with Gasteiger partial charge in [-0.1, -0.05) is 0 Å². The summed E-state index contributed by atoms with van der Waals surface area (Å²) in [7, 11) is -3.98. The van der Waals surface area contributed by atoms with E-state index in [4.69, 9.17) is 4.74 Å². The highest BCUT2D eigenvalue weighted by molar-refractivity contribution is 7.89. The molecule has 0 N–H and O–H groups in total. The first-order valence-electron chi connectivity index (χ1n) is 8.67. The summed E-state index contributed by atoms with van der Waals surface area (Å²) in [6, 6.07) is 5.69. The number of amides is 1. The van der Waals surface area contributed by atoms with Gasteiger partial charge < -0.3 is 9.64 Å². The smallest absolute Gasteiger partial charge is 0.259 e. The van der Waals surface area contributed by atoms with Crippen molar-refractivity contribution >= 4 is 15.9 Å². The lowest BCUT2D eigenvalue weighted by atomic mass is 10.2. The van der Waals surface area contributed by atoms with E-state index in [2.05, 4.69) is 4.98 Å². The molecule has 0 radical (unpaired) electrons. The topological polar surface area (TPSA) is 79.8 Å². The number of benzene rings is 1. The fourth-order valence-electron chi connectivity index (χ4n) is 2.89. The van der Waals surface area contributed by atoms with Crippen molar-refractivity contribution in [3.8, 4) is 5.88 Å². The van der Waals surface area contributed by atoms with Gasteiger partial charge in [0.05, 0.1) is 11.5 Å². The van der Waals surface area contributed by atoms with Crippen molar-refractivity contribution in [3.63, 3.8) is 0 Å². The van der Waals surface area contributed by atoms with E-state index in [1.54, 1.807) is 19.1 Å². The fraction of sp³-hybridized carbons (Fsp3) is 0.333. The van der Waals surface area contributed by atoms with Crippen LogP contribution < -0.4 is 4.74 Å². The number of hydrogen-bond donors (Lipinski definition) is 0. The molecule has 28 heavy (non-hydrogen) atoms. The Kier molecular flexibility index (Phi) is 5.90. The Morgan fingerprint density at radius 1 is 1.14 bits per heavy atom. The number of carbonyl (C=O) groups excluding carboxylic acids is 1. The van der Waals surface area contributed by atoms with Crippen molar-refractivity contribution < 1.29 is 26.7 Å². The Labute approximate surface area is 161 Å². The summed E-state index contributed by atoms with van der Waals surface area (Å²) in [6.07, 6.45) is 1.52. The molecule has 1 aliphatic rings. The second-order valence-corrected chi connectivity index (χ2v) is 8.00. The van der Waals surface area contributed by atoms with Gasteiger partial charge in [-0.2, -0.15) is 4.31 Å². The number of nitrogens with zero attached hydrogens (tertiary/aromatic N) is 3. The zero-order valence-corrected chi connectivity index (χ0v) is 16.0. The van der Waals surface area contributed by atoms with Crippen LogP contribution in [-0.4, -0.2) is 61.3 Å². The van der Waals surface area contributed by atoms with E-state index >= 15 is 0 Å². The van der Waals surface area contributed by atoms with E-state index in [0.29, 0.717) is 18.2 Å². The van der Waals surface area contributed by atoms with Crippen LogP contribution in [0, 0.1) is 11.6 Å². The molecule has 1 saturated heterocycles. The van der Waals surface area contributed by atoms with Crippen molar-refractivity contribution in [2.45, 2.75) is 11.8 Å². The monoisotopic (exact) mass is 411 g/mol. The maximum absolute atomic E-state index is 13.4. The Morgan fingerprint density at radius 2 is 1.86 bits per heavy atom. The van der Waals surface area contributed by atoms with Gasteiger partial charge in [-0.25, -0.2) is 22.2 Å². The number of rotatable bonds is 5. The quantitative estimate of drug-likeness (QED) is 0.751. The molecule has 0 unspecified atom stereocenters. The van der Waals surface area contributed by atoms with Crippen molar-refractivity contribution in [2.75, 3.05) is 32.8 Å². The Balaban J connectivity index is 1.72. The summed E-state index contributed by atoms with van der Waals surface area (Å²) >= 11 is 0. The number of sulfonamides is 1. The molecule has 150 valence electrons. The van der Waals surface area contributed by atoms with Gasteiger partial charge in [0.1, 0.15) is 5.56 Å². The van der Waals surface area contributed by atoms with Gasteiger partial charge in [-0.05, 0) is 37.3 Å². The van der Waals surface area contributed by atoms with E-state index in [1.807, 2.05) is 0 Å². The van der Waals surface area contributed by atoms with Crippen LogP contribution in [0.25, 0.3) is 0 Å². The molecule has 0 aliphatic carbocycles. The first kappa shape index (κ1) is 20.2. The minimum absolute atomic E-state index is 0.0390. The number of pyridine rings is 1. The van der Waals surface area contributed by atoms with E-state index < -0.39 is 21.7 Å². The van der Waals surface area contributed by atoms with Crippen molar-refractivity contribution in [3.05, 3.63) is 53.7 Å². The standard InChI is InChI=1S/C18H19F2N3O4S/c1-2-27-17-14(4-3-7-21-17)18(24)22-8-10-23(11-9-22)28(25,26)13-5-6-15(19)16(20)12-13/h3-7,12H,2,8-11H2,1H3. The molecule has 2 heterocycles. The molecule has 1 amide bonds. The molecule has 1 aromatic carbocycles. The van der Waals surface area contributed by atoms with Crippen LogP contribution in [0.5, 0.6) is 5.88 Å². The number of piperazine rings is 1. The molecule has 1 fully saturated rings. The molecule has 2 aromatic rings. The summed E-state index contributed by atoms with van der Waals surface area (Å²) in [5.41, 5.74) is 0.307. The third-order valence-electron chi connectivity index (χ3n) is 4.34. The van der Waals surface area contributed by atoms with E-state index in [0.717, 1.165) is 16.4 Å². The number of ether oxygens (including phenoxy) is 1. The van der Waals surface area contributed by atoms with Crippen LogP contribution in [0.1, 0.15) is 17.3 Å². The summed E-state index contributed by atoms with van der Waals surface area (Å²) < 4.78 is 58.3. The molecule has 3 rings (SSSR count). The Morgan fingerprint density at radius 3 is 2.50 bits per heavy atom. The summed E-state index contributed by atoms with van der Waals surface area (Å²) in [5.74, 6) is -2.42. The van der Waals surface area contributed by atoms with Gasteiger partial charge in [0.25, 0.3) is 5.91 Å². The normalized spacial score (nSPS) is 15.5. The van der Waals surface area contributed by atoms with Crippen LogP contribution in [0.3, 0.4) is 0 Å². The maximum atomic E-state index is 13.4. The first-order chi connectivity index (χ1) is 13.3. The Hall–Kier alpha value is -2.59. The second-order valence-electron chi connectivity index (χ2n) is 6.06. The number of aromatic nitrogens is 1. The molecule has 10 heteroatoms. The predicted molar refractivity (Wildman–Crippen MR) is 96.4 cm³/mol. The molecule has 7 nitrogen and oxygen atoms in total. The van der Waals surface area contributed by atoms with Crippen LogP contribution in [0.15, 0.2) is 41.4 Å². The molecule has 0 bridgehead atoms. The zero-order chi connectivity index (χ0) is 20.3. The highest BCUT2D eigenvalue weighted by atomic mass is 32.2. The van der Waals surface area contributed by atoms with Crippen LogP contribution in [0.4, 0.5) is 8.78 Å². The van der Waals surface area contributed by atoms with Gasteiger partial charge >= 0.3 is 0 Å². The largest absolute Gasteiger partial charge is 0.477 e. The van der Waals surface area contributed by atoms with E-state index in [9.17, 15) is 22.0 Å². The SMILES string of the molecule is CCOc1ncccc1C(=O)N1CCN(S(=O)(=O)c2ccc(F)c(F)c2)CC1. The van der Waals surface area contributed by atoms with Crippen molar-refractivity contribution in [1.29, 1.82) is 0 Å². The second kappa shape index (κ2) is 8.19. The van der Waals surface area contributed by atoms with E-state index in [-0.39, 0.29) is 42.9 Å². The van der Waals surface area contributed by atoms with Gasteiger partial charge in [-0.15, -0.1) is 0 Å². The predicted octanol–water partition coefficient (Wildman–Crippen LogP) is 1.91. The van der Waals surface area contributed by atoms with Gasteiger partial charge in [-0.3, -0.25) is 4.79 Å². The summed E-state index contributed by atoms with van der Waals surface area (Å²) in [6.45, 7) is 2.53. The Bertz CT molecular complexity index is 977. The molecule has 0 spiro atoms. The lowest BCUT2D eigenvalue weighted by Gasteiger charge is -2.34. The van der Waals surface area contributed by atoms with Gasteiger partial charge in [0.15, 0.2) is 11.6 Å². The number of halogens is 2. The van der Waals surface area contributed by atoms with Crippen LogP contribution in [0.2, 0.25) is 0 Å². The average molecular weight is 411 g/mol. The minimum atomic E-state index is -3.98. The first-order valence-corrected chi connectivity index (χ1v) is 10.1. The van der Waals surface area contributed by atoms with Crippen molar-refractivity contribution in [2.24, 2.45) is 0 Å². The van der Waals surface area contributed by atoms with Gasteiger partial charge in [0, 0.05) is 32.4 Å². The molecular weight excluding hydrogens is 392 g/mol. The number of hydrogen-bond acceptors (Lipinski definition) is 5. The minimum Gasteiger partial charge on any atom is -0.477 e. The lowest BCUT2D eigenvalue weighted by Crippen LogP contribution is -2.50.